The Balaban J connectivity index is 2.26. The van der Waals surface area contributed by atoms with Gasteiger partial charge < -0.3 is 0 Å². The van der Waals surface area contributed by atoms with E-state index in [1.54, 1.807) is 18.8 Å². The number of hydrogen-bond donors (Lipinski definition) is 0. The Morgan fingerprint density at radius 3 is 2.53 bits per heavy atom. The van der Waals surface area contributed by atoms with Crippen molar-refractivity contribution in [2.45, 2.75) is 17.6 Å². The van der Waals surface area contributed by atoms with Crippen molar-refractivity contribution in [1.29, 1.82) is 0 Å². The van der Waals surface area contributed by atoms with E-state index in [0.29, 0.717) is 5.75 Å². The van der Waals surface area contributed by atoms with E-state index < -0.39 is 0 Å². The molecule has 0 atom stereocenters. The second-order valence-electron chi connectivity index (χ2n) is 4.48. The van der Waals surface area contributed by atoms with Gasteiger partial charge in [0.05, 0.1) is 0 Å². The minimum absolute atomic E-state index is 0.261. The Morgan fingerprint density at radius 2 is 1.84 bits per heavy atom. The lowest BCUT2D eigenvalue weighted by Crippen LogP contribution is -2.37. The summed E-state index contributed by atoms with van der Waals surface area (Å²) in [7, 11) is 3.18. The molecule has 0 fully saturated rings. The van der Waals surface area contributed by atoms with Crippen LogP contribution in [-0.4, -0.2) is 9.13 Å². The number of rotatable bonds is 3. The van der Waals surface area contributed by atoms with Crippen molar-refractivity contribution in [2.75, 3.05) is 0 Å². The van der Waals surface area contributed by atoms with E-state index in [-0.39, 0.29) is 11.2 Å². The molecule has 0 aliphatic carbocycles. The highest BCUT2D eigenvalue weighted by molar-refractivity contribution is 7.98. The van der Waals surface area contributed by atoms with Crippen LogP contribution >= 0.6 is 11.8 Å². The van der Waals surface area contributed by atoms with Crippen LogP contribution in [0.5, 0.6) is 0 Å². The third kappa shape index (κ3) is 2.98. The number of benzene rings is 1. The van der Waals surface area contributed by atoms with Gasteiger partial charge in [-0.1, -0.05) is 17.7 Å². The van der Waals surface area contributed by atoms with Crippen LogP contribution in [0.15, 0.2) is 44.8 Å². The summed E-state index contributed by atoms with van der Waals surface area (Å²) in [6.07, 6.45) is 0. The van der Waals surface area contributed by atoms with Gasteiger partial charge in [0.15, 0.2) is 0 Å². The van der Waals surface area contributed by atoms with Crippen molar-refractivity contribution in [1.82, 2.24) is 9.13 Å². The number of aromatic nitrogens is 2. The van der Waals surface area contributed by atoms with Gasteiger partial charge in [-0.25, -0.2) is 4.79 Å². The second kappa shape index (κ2) is 5.48. The van der Waals surface area contributed by atoms with Gasteiger partial charge in [-0.05, 0) is 19.1 Å². The second-order valence-corrected chi connectivity index (χ2v) is 5.53. The van der Waals surface area contributed by atoms with Gasteiger partial charge in [-0.2, -0.15) is 0 Å². The summed E-state index contributed by atoms with van der Waals surface area (Å²) in [5, 5.41) is 0. The summed E-state index contributed by atoms with van der Waals surface area (Å²) >= 11 is 1.62. The highest BCUT2D eigenvalue weighted by Crippen LogP contribution is 2.22. The summed E-state index contributed by atoms with van der Waals surface area (Å²) in [5.74, 6) is 0.602. The first-order valence-electron chi connectivity index (χ1n) is 5.94. The van der Waals surface area contributed by atoms with E-state index in [1.807, 2.05) is 25.1 Å². The number of thioether (sulfide) groups is 1. The fourth-order valence-corrected chi connectivity index (χ4v) is 2.81. The first-order valence-corrected chi connectivity index (χ1v) is 6.93. The highest BCUT2D eigenvalue weighted by atomic mass is 32.2. The molecule has 1 aromatic carbocycles. The lowest BCUT2D eigenvalue weighted by Gasteiger charge is -2.09. The Bertz CT molecular complexity index is 716. The van der Waals surface area contributed by atoms with Crippen molar-refractivity contribution in [3.63, 3.8) is 0 Å². The van der Waals surface area contributed by atoms with Crippen LogP contribution in [-0.2, 0) is 19.8 Å². The average molecular weight is 276 g/mol. The molecule has 2 rings (SSSR count). The van der Waals surface area contributed by atoms with Crippen LogP contribution in [0.1, 0.15) is 11.3 Å². The molecular formula is C14H16N2O2S. The summed E-state index contributed by atoms with van der Waals surface area (Å²) < 4.78 is 2.63. The molecule has 0 saturated carbocycles. The van der Waals surface area contributed by atoms with Crippen LogP contribution in [0.4, 0.5) is 0 Å². The monoisotopic (exact) mass is 276 g/mol. The third-order valence-electron chi connectivity index (χ3n) is 3.00. The van der Waals surface area contributed by atoms with Crippen molar-refractivity contribution >= 4 is 11.8 Å². The van der Waals surface area contributed by atoms with E-state index >= 15 is 0 Å². The Kier molecular flexibility index (Phi) is 3.95. The van der Waals surface area contributed by atoms with E-state index in [1.165, 1.54) is 23.2 Å². The molecule has 0 unspecified atom stereocenters. The molecule has 100 valence electrons. The zero-order chi connectivity index (χ0) is 14.0. The highest BCUT2D eigenvalue weighted by Gasteiger charge is 2.06. The summed E-state index contributed by atoms with van der Waals surface area (Å²) in [4.78, 5) is 24.5. The standard InChI is InChI=1S/C14H16N2O2S/c1-10-5-4-6-12(7-10)19-9-11-8-13(17)16(3)14(18)15(11)2/h4-8H,9H2,1-3H3. The molecule has 0 bridgehead atoms. The van der Waals surface area contributed by atoms with E-state index in [4.69, 9.17) is 0 Å². The predicted molar refractivity (Wildman–Crippen MR) is 77.7 cm³/mol. The third-order valence-corrected chi connectivity index (χ3v) is 4.03. The number of nitrogens with zero attached hydrogens (tertiary/aromatic N) is 2. The van der Waals surface area contributed by atoms with Gasteiger partial charge in [0.1, 0.15) is 0 Å². The lowest BCUT2D eigenvalue weighted by molar-refractivity contribution is 0.665. The maximum Gasteiger partial charge on any atom is 0.330 e. The Labute approximate surface area is 115 Å². The first-order chi connectivity index (χ1) is 8.99. The van der Waals surface area contributed by atoms with E-state index in [9.17, 15) is 9.59 Å². The van der Waals surface area contributed by atoms with Crippen LogP contribution in [0, 0.1) is 6.92 Å². The lowest BCUT2D eigenvalue weighted by atomic mass is 10.2. The molecule has 0 aliphatic rings. The van der Waals surface area contributed by atoms with Crippen LogP contribution in [0.25, 0.3) is 0 Å². The van der Waals surface area contributed by atoms with Gasteiger partial charge in [0.2, 0.25) is 0 Å². The van der Waals surface area contributed by atoms with E-state index in [0.717, 1.165) is 15.2 Å². The normalized spacial score (nSPS) is 10.7. The molecule has 0 amide bonds. The van der Waals surface area contributed by atoms with Crippen molar-refractivity contribution in [2.24, 2.45) is 14.1 Å². The molecule has 1 aromatic heterocycles. The topological polar surface area (TPSA) is 44.0 Å². The molecule has 0 radical (unpaired) electrons. The maximum atomic E-state index is 11.8. The summed E-state index contributed by atoms with van der Waals surface area (Å²) in [6.45, 7) is 2.04. The van der Waals surface area contributed by atoms with Crippen molar-refractivity contribution in [3.05, 3.63) is 62.4 Å². The fourth-order valence-electron chi connectivity index (χ4n) is 1.78. The van der Waals surface area contributed by atoms with Gasteiger partial charge in [0, 0.05) is 36.5 Å². The van der Waals surface area contributed by atoms with Crippen molar-refractivity contribution in [3.8, 4) is 0 Å². The number of aryl methyl sites for hydroxylation is 1. The minimum Gasteiger partial charge on any atom is -0.300 e. The summed E-state index contributed by atoms with van der Waals surface area (Å²) in [5.41, 5.74) is 1.39. The van der Waals surface area contributed by atoms with Crippen molar-refractivity contribution < 1.29 is 0 Å². The molecule has 0 aliphatic heterocycles. The van der Waals surface area contributed by atoms with Crippen LogP contribution < -0.4 is 11.2 Å². The molecule has 4 nitrogen and oxygen atoms in total. The van der Waals surface area contributed by atoms with Gasteiger partial charge in [-0.3, -0.25) is 13.9 Å². The zero-order valence-corrected chi connectivity index (χ0v) is 12.0. The van der Waals surface area contributed by atoms with Gasteiger partial charge >= 0.3 is 5.69 Å². The van der Waals surface area contributed by atoms with Crippen LogP contribution in [0.3, 0.4) is 0 Å². The summed E-state index contributed by atoms with van der Waals surface area (Å²) in [6, 6.07) is 9.67. The maximum absolute atomic E-state index is 11.8. The quantitative estimate of drug-likeness (QED) is 0.801. The molecule has 5 heteroatoms. The van der Waals surface area contributed by atoms with E-state index in [2.05, 4.69) is 6.07 Å². The smallest absolute Gasteiger partial charge is 0.300 e. The Morgan fingerprint density at radius 1 is 1.11 bits per heavy atom. The molecule has 0 spiro atoms. The first kappa shape index (κ1) is 13.7. The Hall–Kier alpha value is -1.75. The van der Waals surface area contributed by atoms with Gasteiger partial charge in [0.25, 0.3) is 5.56 Å². The molecule has 19 heavy (non-hydrogen) atoms. The fraction of sp³-hybridized carbons (Fsp3) is 0.286. The SMILES string of the molecule is Cc1cccc(SCc2cc(=O)n(C)c(=O)n2C)c1. The molecule has 0 N–H and O–H groups in total. The average Bonchev–Trinajstić information content (AvgIpc) is 2.39. The molecule has 2 aromatic rings. The number of hydrogen-bond acceptors (Lipinski definition) is 3. The molecule has 0 saturated heterocycles. The largest absolute Gasteiger partial charge is 0.330 e. The minimum atomic E-state index is -0.285. The van der Waals surface area contributed by atoms with Gasteiger partial charge in [-0.15, -0.1) is 11.8 Å². The van der Waals surface area contributed by atoms with Crippen LogP contribution in [0.2, 0.25) is 0 Å². The predicted octanol–water partition coefficient (Wildman–Crippen LogP) is 1.68. The molecular weight excluding hydrogens is 260 g/mol. The zero-order valence-electron chi connectivity index (χ0n) is 11.2. The molecule has 1 heterocycles.